The van der Waals surface area contributed by atoms with E-state index in [-0.39, 0.29) is 18.2 Å². The number of fused-ring (bicyclic) bond motifs is 2. The summed E-state index contributed by atoms with van der Waals surface area (Å²) in [6.07, 6.45) is 0.130. The number of thiazole rings is 1. The van der Waals surface area contributed by atoms with Gasteiger partial charge in [0.2, 0.25) is 11.8 Å². The lowest BCUT2D eigenvalue weighted by Gasteiger charge is -2.23. The molecule has 3 aromatic rings. The number of rotatable bonds is 3. The Kier molecular flexibility index (Phi) is 4.19. The van der Waals surface area contributed by atoms with Gasteiger partial charge in [-0.1, -0.05) is 12.1 Å². The average molecular weight is 369 g/mol. The van der Waals surface area contributed by atoms with Crippen molar-refractivity contribution >= 4 is 56.5 Å². The number of nitrogens with one attached hydrogen (secondary N) is 2. The van der Waals surface area contributed by atoms with Gasteiger partial charge in [0.05, 0.1) is 26.2 Å². The fraction of sp³-hybridized carbons (Fsp3) is 0.167. The van der Waals surface area contributed by atoms with Crippen LogP contribution in [0.3, 0.4) is 0 Å². The first kappa shape index (κ1) is 16.1. The van der Waals surface area contributed by atoms with E-state index in [2.05, 4.69) is 15.6 Å². The molecule has 2 N–H and O–H groups in total. The molecule has 1 aliphatic rings. The summed E-state index contributed by atoms with van der Waals surface area (Å²) in [7, 11) is 0. The zero-order chi connectivity index (χ0) is 17.4. The third kappa shape index (κ3) is 3.38. The Labute approximate surface area is 152 Å². The Morgan fingerprint density at radius 2 is 2.12 bits per heavy atom. The number of carbonyl (C=O) groups excluding carboxylic acids is 2. The largest absolute Gasteiger partial charge is 0.326 e. The van der Waals surface area contributed by atoms with Crippen LogP contribution in [0.1, 0.15) is 11.4 Å². The van der Waals surface area contributed by atoms with E-state index in [0.717, 1.165) is 31.5 Å². The number of carbonyl (C=O) groups is 2. The number of para-hydroxylation sites is 1. The predicted octanol–water partition coefficient (Wildman–Crippen LogP) is 4.05. The fourth-order valence-corrected chi connectivity index (χ4v) is 4.70. The second kappa shape index (κ2) is 6.50. The van der Waals surface area contributed by atoms with Gasteiger partial charge in [-0.05, 0) is 37.3 Å². The van der Waals surface area contributed by atoms with Crippen LogP contribution in [0.15, 0.2) is 47.4 Å². The van der Waals surface area contributed by atoms with Crippen molar-refractivity contribution in [1.29, 1.82) is 0 Å². The zero-order valence-corrected chi connectivity index (χ0v) is 15.0. The van der Waals surface area contributed by atoms with Crippen LogP contribution in [-0.2, 0) is 9.59 Å². The second-order valence-electron chi connectivity index (χ2n) is 5.76. The van der Waals surface area contributed by atoms with E-state index in [9.17, 15) is 9.59 Å². The number of thioether (sulfide) groups is 1. The Morgan fingerprint density at radius 3 is 3.00 bits per heavy atom. The maximum Gasteiger partial charge on any atom is 0.238 e. The van der Waals surface area contributed by atoms with Crippen molar-refractivity contribution in [1.82, 2.24) is 4.98 Å². The van der Waals surface area contributed by atoms with E-state index in [1.54, 1.807) is 11.3 Å². The average Bonchev–Trinajstić information content (AvgIpc) is 2.95. The molecule has 0 spiro atoms. The first-order chi connectivity index (χ1) is 12.1. The highest BCUT2D eigenvalue weighted by Crippen LogP contribution is 2.36. The third-order valence-corrected chi connectivity index (χ3v) is 6.07. The first-order valence-corrected chi connectivity index (χ1v) is 9.52. The predicted molar refractivity (Wildman–Crippen MR) is 102 cm³/mol. The number of aryl methyl sites for hydroxylation is 1. The van der Waals surface area contributed by atoms with E-state index in [1.165, 1.54) is 11.8 Å². The van der Waals surface area contributed by atoms with Crippen molar-refractivity contribution in [2.75, 3.05) is 10.6 Å². The summed E-state index contributed by atoms with van der Waals surface area (Å²) in [6.45, 7) is 1.96. The molecule has 0 saturated heterocycles. The van der Waals surface area contributed by atoms with Gasteiger partial charge in [-0.15, -0.1) is 23.1 Å². The van der Waals surface area contributed by atoms with Crippen molar-refractivity contribution in [3.63, 3.8) is 0 Å². The number of nitrogens with zero attached hydrogens (tertiary/aromatic N) is 1. The van der Waals surface area contributed by atoms with Crippen molar-refractivity contribution < 1.29 is 9.59 Å². The Bertz CT molecular complexity index is 983. The third-order valence-electron chi connectivity index (χ3n) is 3.86. The molecule has 0 radical (unpaired) electrons. The molecular formula is C18H15N3O2S2. The van der Waals surface area contributed by atoms with Crippen LogP contribution in [0.4, 0.5) is 11.4 Å². The van der Waals surface area contributed by atoms with Gasteiger partial charge in [-0.2, -0.15) is 0 Å². The summed E-state index contributed by atoms with van der Waals surface area (Å²) < 4.78 is 1.04. The summed E-state index contributed by atoms with van der Waals surface area (Å²) >= 11 is 3.02. The van der Waals surface area contributed by atoms with Gasteiger partial charge in [0.15, 0.2) is 0 Å². The molecular weight excluding hydrogens is 354 g/mol. The Balaban J connectivity index is 1.45. The lowest BCUT2D eigenvalue weighted by Crippen LogP contribution is -2.32. The number of hydrogen-bond acceptors (Lipinski definition) is 5. The van der Waals surface area contributed by atoms with Gasteiger partial charge < -0.3 is 10.6 Å². The number of aromatic nitrogens is 1. The minimum atomic E-state index is -0.427. The molecule has 5 nitrogen and oxygen atoms in total. The summed E-state index contributed by atoms with van der Waals surface area (Å²) in [6, 6.07) is 13.3. The summed E-state index contributed by atoms with van der Waals surface area (Å²) in [5.41, 5.74) is 2.46. The van der Waals surface area contributed by atoms with Crippen molar-refractivity contribution in [2.45, 2.75) is 23.5 Å². The lowest BCUT2D eigenvalue weighted by molar-refractivity contribution is -0.120. The molecule has 1 aromatic heterocycles. The highest BCUT2D eigenvalue weighted by Gasteiger charge is 2.28. The number of anilines is 2. The van der Waals surface area contributed by atoms with E-state index in [0.29, 0.717) is 0 Å². The zero-order valence-electron chi connectivity index (χ0n) is 13.4. The molecule has 1 unspecified atom stereocenters. The van der Waals surface area contributed by atoms with Gasteiger partial charge in [-0.25, -0.2) is 4.98 Å². The van der Waals surface area contributed by atoms with Crippen molar-refractivity contribution in [2.24, 2.45) is 0 Å². The highest BCUT2D eigenvalue weighted by molar-refractivity contribution is 8.01. The quantitative estimate of drug-likeness (QED) is 0.731. The summed E-state index contributed by atoms with van der Waals surface area (Å²) in [4.78, 5) is 30.0. The van der Waals surface area contributed by atoms with Gasteiger partial charge in [-0.3, -0.25) is 9.59 Å². The maximum absolute atomic E-state index is 12.4. The fourth-order valence-electron chi connectivity index (χ4n) is 2.73. The second-order valence-corrected chi connectivity index (χ2v) is 8.24. The van der Waals surface area contributed by atoms with Crippen LogP contribution in [-0.4, -0.2) is 22.0 Å². The smallest absolute Gasteiger partial charge is 0.238 e. The standard InChI is InChI=1S/C18H15N3O2S2/c1-10-19-13-7-6-11(8-15(13)24-10)20-17(22)9-16-18(23)21-12-4-2-3-5-14(12)25-16/h2-8,16H,9H2,1H3,(H,20,22)(H,21,23). The van der Waals surface area contributed by atoms with E-state index < -0.39 is 5.25 Å². The molecule has 0 fully saturated rings. The SMILES string of the molecule is Cc1nc2ccc(NC(=O)CC3Sc4ccccc4NC3=O)cc2s1. The number of amides is 2. The maximum atomic E-state index is 12.4. The van der Waals surface area contributed by atoms with Gasteiger partial charge >= 0.3 is 0 Å². The van der Waals surface area contributed by atoms with Crippen LogP contribution in [0, 0.1) is 6.92 Å². The molecule has 2 heterocycles. The molecule has 0 bridgehead atoms. The number of hydrogen-bond donors (Lipinski definition) is 2. The van der Waals surface area contributed by atoms with Gasteiger partial charge in [0.25, 0.3) is 0 Å². The Hall–Kier alpha value is -2.38. The molecule has 7 heteroatoms. The molecule has 0 aliphatic carbocycles. The Morgan fingerprint density at radius 1 is 1.28 bits per heavy atom. The molecule has 4 rings (SSSR count). The molecule has 126 valence electrons. The minimum Gasteiger partial charge on any atom is -0.326 e. The highest BCUT2D eigenvalue weighted by atomic mass is 32.2. The summed E-state index contributed by atoms with van der Waals surface area (Å²) in [5.74, 6) is -0.306. The normalized spacial score (nSPS) is 16.4. The molecule has 2 amide bonds. The molecule has 1 atom stereocenters. The van der Waals surface area contributed by atoms with Crippen LogP contribution >= 0.6 is 23.1 Å². The van der Waals surface area contributed by atoms with Crippen LogP contribution < -0.4 is 10.6 Å². The first-order valence-electron chi connectivity index (χ1n) is 7.82. The molecule has 1 aliphatic heterocycles. The topological polar surface area (TPSA) is 71.1 Å². The van der Waals surface area contributed by atoms with Crippen LogP contribution in [0.2, 0.25) is 0 Å². The van der Waals surface area contributed by atoms with Crippen molar-refractivity contribution in [3.8, 4) is 0 Å². The number of benzene rings is 2. The van der Waals surface area contributed by atoms with Crippen LogP contribution in [0.25, 0.3) is 10.2 Å². The molecule has 0 saturated carbocycles. The van der Waals surface area contributed by atoms with Gasteiger partial charge in [0, 0.05) is 17.0 Å². The monoisotopic (exact) mass is 369 g/mol. The molecule has 2 aromatic carbocycles. The van der Waals surface area contributed by atoms with Crippen molar-refractivity contribution in [3.05, 3.63) is 47.5 Å². The van der Waals surface area contributed by atoms with E-state index in [1.807, 2.05) is 49.4 Å². The molecule has 25 heavy (non-hydrogen) atoms. The van der Waals surface area contributed by atoms with E-state index >= 15 is 0 Å². The summed E-state index contributed by atoms with van der Waals surface area (Å²) in [5, 5.41) is 6.31. The van der Waals surface area contributed by atoms with Crippen LogP contribution in [0.5, 0.6) is 0 Å². The minimum absolute atomic E-state index is 0.130. The van der Waals surface area contributed by atoms with Gasteiger partial charge in [0.1, 0.15) is 0 Å². The lowest BCUT2D eigenvalue weighted by atomic mass is 10.2. The van der Waals surface area contributed by atoms with E-state index in [4.69, 9.17) is 0 Å².